The van der Waals surface area contributed by atoms with Gasteiger partial charge in [-0.2, -0.15) is 13.2 Å². The second-order valence-electron chi connectivity index (χ2n) is 11.5. The fourth-order valence-electron chi connectivity index (χ4n) is 5.49. The van der Waals surface area contributed by atoms with Crippen LogP contribution in [-0.2, 0) is 15.7 Å². The summed E-state index contributed by atoms with van der Waals surface area (Å²) in [6.07, 6.45) is 1.63. The Bertz CT molecular complexity index is 1480. The summed E-state index contributed by atoms with van der Waals surface area (Å²) < 4.78 is 44.3. The molecule has 0 spiro atoms. The summed E-state index contributed by atoms with van der Waals surface area (Å²) in [6.45, 7) is 6.07. The minimum Gasteiger partial charge on any atom is -0.396 e. The SMILES string of the molecule is C[C@@H]1CC[C@@H](CN2C=CN=C(N)/C2=C(/N)c2ccc(C(=O)Nc3cc(C(F)(F)F)ccn3)cc2)CN1C(=O)C1(C)COC1. The second-order valence-corrected chi connectivity index (χ2v) is 11.5. The first-order valence-electron chi connectivity index (χ1n) is 14.0. The third-order valence-electron chi connectivity index (χ3n) is 8.09. The Morgan fingerprint density at radius 3 is 2.49 bits per heavy atom. The van der Waals surface area contributed by atoms with Crippen molar-refractivity contribution >= 4 is 29.2 Å². The van der Waals surface area contributed by atoms with Crippen LogP contribution in [0.15, 0.2) is 65.7 Å². The van der Waals surface area contributed by atoms with Crippen molar-refractivity contribution in [3.63, 3.8) is 0 Å². The van der Waals surface area contributed by atoms with Crippen LogP contribution in [0.2, 0.25) is 0 Å². The van der Waals surface area contributed by atoms with Gasteiger partial charge in [0, 0.05) is 43.3 Å². The number of benzene rings is 1. The van der Waals surface area contributed by atoms with E-state index in [0.717, 1.165) is 31.2 Å². The fraction of sp³-hybridized carbons (Fsp3) is 0.400. The predicted octanol–water partition coefficient (Wildman–Crippen LogP) is 3.79. The van der Waals surface area contributed by atoms with Crippen LogP contribution in [-0.4, -0.2) is 64.8 Å². The van der Waals surface area contributed by atoms with Crippen molar-refractivity contribution < 1.29 is 27.5 Å². The Morgan fingerprint density at radius 1 is 1.14 bits per heavy atom. The van der Waals surface area contributed by atoms with Crippen LogP contribution in [0.25, 0.3) is 5.70 Å². The van der Waals surface area contributed by atoms with Crippen LogP contribution < -0.4 is 16.8 Å². The molecule has 0 radical (unpaired) electrons. The quantitative estimate of drug-likeness (QED) is 0.461. The number of amides is 2. The van der Waals surface area contributed by atoms with Crippen molar-refractivity contribution in [2.24, 2.45) is 27.8 Å². The van der Waals surface area contributed by atoms with E-state index in [1.807, 2.05) is 16.7 Å². The van der Waals surface area contributed by atoms with Gasteiger partial charge in [-0.3, -0.25) is 9.59 Å². The number of anilines is 1. The van der Waals surface area contributed by atoms with Crippen LogP contribution in [0.1, 0.15) is 48.2 Å². The normalized spacial score (nSPS) is 22.9. The van der Waals surface area contributed by atoms with Crippen molar-refractivity contribution in [1.29, 1.82) is 0 Å². The molecule has 2 fully saturated rings. The summed E-state index contributed by atoms with van der Waals surface area (Å²) in [5.41, 5.74) is 13.1. The Balaban J connectivity index is 1.30. The highest BCUT2D eigenvalue weighted by Gasteiger charge is 2.46. The molecule has 3 aliphatic rings. The Morgan fingerprint density at radius 2 is 1.84 bits per heavy atom. The lowest BCUT2D eigenvalue weighted by molar-refractivity contribution is -0.173. The van der Waals surface area contributed by atoms with Crippen LogP contribution in [0, 0.1) is 11.3 Å². The van der Waals surface area contributed by atoms with Crippen LogP contribution in [0.3, 0.4) is 0 Å². The maximum absolute atomic E-state index is 13.3. The zero-order valence-electron chi connectivity index (χ0n) is 23.9. The molecule has 0 unspecified atom stereocenters. The van der Waals surface area contributed by atoms with Gasteiger partial charge in [-0.05, 0) is 62.4 Å². The lowest BCUT2D eigenvalue weighted by atomic mass is 9.84. The van der Waals surface area contributed by atoms with Crippen LogP contribution in [0.5, 0.6) is 0 Å². The first-order valence-corrected chi connectivity index (χ1v) is 14.0. The Labute approximate surface area is 247 Å². The minimum atomic E-state index is -4.56. The Kier molecular flexibility index (Phi) is 8.19. The van der Waals surface area contributed by atoms with Gasteiger partial charge in [0.15, 0.2) is 0 Å². The van der Waals surface area contributed by atoms with Gasteiger partial charge in [-0.1, -0.05) is 12.1 Å². The first-order chi connectivity index (χ1) is 20.4. The molecule has 2 atom stereocenters. The van der Waals surface area contributed by atoms with Crippen molar-refractivity contribution in [1.82, 2.24) is 14.8 Å². The lowest BCUT2D eigenvalue weighted by Crippen LogP contribution is -2.58. The highest BCUT2D eigenvalue weighted by atomic mass is 19.4. The van der Waals surface area contributed by atoms with Gasteiger partial charge in [-0.25, -0.2) is 9.98 Å². The zero-order valence-corrected chi connectivity index (χ0v) is 23.9. The van der Waals surface area contributed by atoms with Gasteiger partial charge < -0.3 is 31.3 Å². The van der Waals surface area contributed by atoms with Gasteiger partial charge in [0.2, 0.25) is 5.91 Å². The molecular formula is C30H34F3N7O3. The maximum Gasteiger partial charge on any atom is 0.416 e. The van der Waals surface area contributed by atoms with Crippen LogP contribution >= 0.6 is 0 Å². The smallest absolute Gasteiger partial charge is 0.396 e. The summed E-state index contributed by atoms with van der Waals surface area (Å²) in [5, 5.41) is 2.39. The average Bonchev–Trinajstić information content (AvgIpc) is 2.96. The molecular weight excluding hydrogens is 563 g/mol. The highest BCUT2D eigenvalue weighted by Crippen LogP contribution is 2.34. The summed E-state index contributed by atoms with van der Waals surface area (Å²) >= 11 is 0. The number of ether oxygens (including phenoxy) is 1. The van der Waals surface area contributed by atoms with Crippen LogP contribution in [0.4, 0.5) is 19.0 Å². The molecule has 4 heterocycles. The van der Waals surface area contributed by atoms with Crippen molar-refractivity contribution in [2.45, 2.75) is 38.9 Å². The van der Waals surface area contributed by atoms with Gasteiger partial charge in [0.05, 0.1) is 29.9 Å². The number of carbonyl (C=O) groups excluding carboxylic acids is 2. The summed E-state index contributed by atoms with van der Waals surface area (Å²) in [5.74, 6) is -0.325. The monoisotopic (exact) mass is 597 g/mol. The molecule has 3 aliphatic heterocycles. The van der Waals surface area contributed by atoms with Gasteiger partial charge in [0.25, 0.3) is 5.91 Å². The van der Waals surface area contributed by atoms with E-state index in [9.17, 15) is 22.8 Å². The van der Waals surface area contributed by atoms with Gasteiger partial charge >= 0.3 is 6.18 Å². The number of aromatic nitrogens is 1. The number of halogens is 3. The van der Waals surface area contributed by atoms with Gasteiger partial charge in [-0.15, -0.1) is 0 Å². The number of hydrogen-bond donors (Lipinski definition) is 3. The van der Waals surface area contributed by atoms with E-state index in [4.69, 9.17) is 16.2 Å². The zero-order chi connectivity index (χ0) is 30.9. The lowest BCUT2D eigenvalue weighted by Gasteiger charge is -2.46. The third kappa shape index (κ3) is 6.36. The number of aliphatic imine (C=N–C) groups is 1. The summed E-state index contributed by atoms with van der Waals surface area (Å²) in [6, 6.07) is 8.03. The van der Waals surface area contributed by atoms with E-state index in [2.05, 4.69) is 22.2 Å². The molecule has 2 aromatic rings. The number of amidine groups is 1. The Hall–Kier alpha value is -4.39. The molecule has 5 rings (SSSR count). The number of nitrogens with two attached hydrogens (primary N) is 2. The van der Waals surface area contributed by atoms with E-state index in [-0.39, 0.29) is 35.1 Å². The molecule has 10 nitrogen and oxygen atoms in total. The van der Waals surface area contributed by atoms with Gasteiger partial charge in [0.1, 0.15) is 17.4 Å². The second kappa shape index (κ2) is 11.7. The molecule has 2 amide bonds. The van der Waals surface area contributed by atoms with E-state index < -0.39 is 23.1 Å². The predicted molar refractivity (Wildman–Crippen MR) is 155 cm³/mol. The number of nitrogens with zero attached hydrogens (tertiary/aromatic N) is 4. The van der Waals surface area contributed by atoms with E-state index >= 15 is 0 Å². The molecule has 13 heteroatoms. The first kappa shape index (κ1) is 30.1. The number of hydrogen-bond acceptors (Lipinski definition) is 8. The van der Waals surface area contributed by atoms with Crippen molar-refractivity contribution in [3.05, 3.63) is 77.4 Å². The third-order valence-corrected chi connectivity index (χ3v) is 8.09. The molecule has 0 aliphatic carbocycles. The highest BCUT2D eigenvalue weighted by molar-refractivity contribution is 6.05. The number of alkyl halides is 3. The number of likely N-dealkylation sites (tertiary alicyclic amines) is 1. The number of rotatable bonds is 6. The van der Waals surface area contributed by atoms with E-state index in [1.54, 1.807) is 24.5 Å². The molecule has 43 heavy (non-hydrogen) atoms. The number of piperidine rings is 1. The molecule has 2 saturated heterocycles. The molecule has 228 valence electrons. The molecule has 0 bridgehead atoms. The fourth-order valence-corrected chi connectivity index (χ4v) is 5.49. The number of pyridine rings is 1. The minimum absolute atomic E-state index is 0.120. The van der Waals surface area contributed by atoms with Crippen molar-refractivity contribution in [3.8, 4) is 0 Å². The number of nitrogens with one attached hydrogen (secondary N) is 1. The molecule has 1 aromatic heterocycles. The standard InChI is InChI=1S/C30H34F3N7O3/c1-18-3-4-19(15-40(18)28(42)29(2)16-43-17-29)14-39-12-11-37-26(35)25(39)24(34)20-5-7-21(8-6-20)27(41)38-23-13-22(9-10-36-23)30(31,32)33/h5-13,18-19H,3-4,14-17,34H2,1-2H3,(H2,35,37)(H,36,38,41)/b25-24-/t18-,19+/m1/s1. The van der Waals surface area contributed by atoms with Crippen molar-refractivity contribution in [2.75, 3.05) is 31.6 Å². The van der Waals surface area contributed by atoms with E-state index in [0.29, 0.717) is 43.3 Å². The topological polar surface area (TPSA) is 139 Å². The molecule has 5 N–H and O–H groups in total. The summed E-state index contributed by atoms with van der Waals surface area (Å²) in [7, 11) is 0. The summed E-state index contributed by atoms with van der Waals surface area (Å²) in [4.78, 5) is 37.9. The molecule has 1 aromatic carbocycles. The molecule has 0 saturated carbocycles. The largest absolute Gasteiger partial charge is 0.416 e. The number of carbonyl (C=O) groups is 2. The maximum atomic E-state index is 13.3. The average molecular weight is 598 g/mol. The van der Waals surface area contributed by atoms with E-state index in [1.165, 1.54) is 12.1 Å².